The van der Waals surface area contributed by atoms with E-state index in [1.807, 2.05) is 0 Å². The zero-order valence-electron chi connectivity index (χ0n) is 15.3. The van der Waals surface area contributed by atoms with E-state index in [9.17, 15) is 16.8 Å². The quantitative estimate of drug-likeness (QED) is 0.737. The summed E-state index contributed by atoms with van der Waals surface area (Å²) in [6.45, 7) is 0.977. The number of halogens is 1. The lowest BCUT2D eigenvalue weighted by Crippen LogP contribution is -2.35. The maximum atomic E-state index is 12.7. The Morgan fingerprint density at radius 1 is 0.929 bits per heavy atom. The summed E-state index contributed by atoms with van der Waals surface area (Å²) in [4.78, 5) is 0.0397. The molecule has 10 heteroatoms. The number of hydrogen-bond acceptors (Lipinski definition) is 5. The highest BCUT2D eigenvalue weighted by molar-refractivity contribution is 7.92. The van der Waals surface area contributed by atoms with Crippen molar-refractivity contribution < 1.29 is 21.6 Å². The van der Waals surface area contributed by atoms with Gasteiger partial charge in [-0.25, -0.2) is 16.8 Å². The summed E-state index contributed by atoms with van der Waals surface area (Å²) >= 11 is 6.02. The molecule has 0 aliphatic carbocycles. The molecule has 28 heavy (non-hydrogen) atoms. The maximum absolute atomic E-state index is 12.7. The molecule has 1 fully saturated rings. The SMILES string of the molecule is COc1ccc(NS(=O)(=O)c2ccc(S(=O)(=O)N3CCCCC3)cc2)cc1Cl. The number of methoxy groups -OCH3 is 1. The van der Waals surface area contributed by atoms with Gasteiger partial charge in [-0.05, 0) is 55.3 Å². The van der Waals surface area contributed by atoms with Crippen LogP contribution in [0.4, 0.5) is 5.69 Å². The summed E-state index contributed by atoms with van der Waals surface area (Å²) in [5, 5.41) is 0.269. The summed E-state index contributed by atoms with van der Waals surface area (Å²) in [5.74, 6) is 0.428. The van der Waals surface area contributed by atoms with Gasteiger partial charge < -0.3 is 4.74 Å². The molecule has 1 heterocycles. The van der Waals surface area contributed by atoms with E-state index in [-0.39, 0.29) is 20.5 Å². The van der Waals surface area contributed by atoms with E-state index in [2.05, 4.69) is 4.72 Å². The minimum Gasteiger partial charge on any atom is -0.495 e. The third-order valence-electron chi connectivity index (χ3n) is 4.49. The summed E-state index contributed by atoms with van der Waals surface area (Å²) in [6, 6.07) is 9.71. The lowest BCUT2D eigenvalue weighted by atomic mass is 10.2. The van der Waals surface area contributed by atoms with Crippen LogP contribution in [0.25, 0.3) is 0 Å². The van der Waals surface area contributed by atoms with Crippen LogP contribution in [0.5, 0.6) is 5.75 Å². The Balaban J connectivity index is 1.81. The number of nitrogens with one attached hydrogen (secondary N) is 1. The van der Waals surface area contributed by atoms with Gasteiger partial charge in [0.25, 0.3) is 10.0 Å². The monoisotopic (exact) mass is 444 g/mol. The fraction of sp³-hybridized carbons (Fsp3) is 0.333. The number of piperidine rings is 1. The Labute approximate surface area is 170 Å². The van der Waals surface area contributed by atoms with Crippen molar-refractivity contribution in [1.82, 2.24) is 4.31 Å². The number of benzene rings is 2. The molecule has 1 N–H and O–H groups in total. The summed E-state index contributed by atoms with van der Waals surface area (Å²) in [7, 11) is -6.04. The first-order chi connectivity index (χ1) is 13.2. The van der Waals surface area contributed by atoms with Gasteiger partial charge in [0.2, 0.25) is 10.0 Å². The number of nitrogens with zero attached hydrogens (tertiary/aromatic N) is 1. The molecule has 0 amide bonds. The van der Waals surface area contributed by atoms with Crippen LogP contribution in [0.1, 0.15) is 19.3 Å². The second-order valence-corrected chi connectivity index (χ2v) is 10.4. The lowest BCUT2D eigenvalue weighted by Gasteiger charge is -2.25. The summed E-state index contributed by atoms with van der Waals surface area (Å²) < 4.78 is 59.4. The molecule has 0 radical (unpaired) electrons. The van der Waals surface area contributed by atoms with E-state index in [4.69, 9.17) is 16.3 Å². The van der Waals surface area contributed by atoms with Crippen molar-refractivity contribution in [3.05, 3.63) is 47.5 Å². The average Bonchev–Trinajstić information content (AvgIpc) is 2.68. The van der Waals surface area contributed by atoms with E-state index in [0.717, 1.165) is 19.3 Å². The van der Waals surface area contributed by atoms with Gasteiger partial charge in [-0.15, -0.1) is 0 Å². The topological polar surface area (TPSA) is 92.8 Å². The van der Waals surface area contributed by atoms with Crippen molar-refractivity contribution >= 4 is 37.3 Å². The Kier molecular flexibility index (Phi) is 6.18. The van der Waals surface area contributed by atoms with Gasteiger partial charge in [-0.2, -0.15) is 4.31 Å². The van der Waals surface area contributed by atoms with Crippen LogP contribution in [-0.2, 0) is 20.0 Å². The molecule has 0 saturated carbocycles. The molecular formula is C18H21ClN2O5S2. The molecule has 7 nitrogen and oxygen atoms in total. The van der Waals surface area contributed by atoms with Crippen LogP contribution in [0.2, 0.25) is 5.02 Å². The summed E-state index contributed by atoms with van der Waals surface area (Å²) in [5.41, 5.74) is 0.274. The third kappa shape index (κ3) is 4.43. The molecule has 0 aromatic heterocycles. The van der Waals surface area contributed by atoms with Gasteiger partial charge in [-0.1, -0.05) is 18.0 Å². The fourth-order valence-electron chi connectivity index (χ4n) is 2.99. The smallest absolute Gasteiger partial charge is 0.261 e. The third-order valence-corrected chi connectivity index (χ3v) is 8.10. The highest BCUT2D eigenvalue weighted by Crippen LogP contribution is 2.29. The van der Waals surface area contributed by atoms with Crippen LogP contribution in [-0.4, -0.2) is 41.3 Å². The number of sulfonamides is 2. The van der Waals surface area contributed by atoms with E-state index < -0.39 is 20.0 Å². The number of ether oxygens (including phenoxy) is 1. The second-order valence-electron chi connectivity index (χ2n) is 6.39. The largest absolute Gasteiger partial charge is 0.495 e. The fourth-order valence-corrected chi connectivity index (χ4v) is 5.81. The Hall–Kier alpha value is -1.81. The molecular weight excluding hydrogens is 424 g/mol. The zero-order chi connectivity index (χ0) is 20.4. The van der Waals surface area contributed by atoms with Crippen LogP contribution >= 0.6 is 11.6 Å². The van der Waals surface area contributed by atoms with Gasteiger partial charge >= 0.3 is 0 Å². The number of rotatable bonds is 6. The van der Waals surface area contributed by atoms with Crippen molar-refractivity contribution in [2.24, 2.45) is 0 Å². The molecule has 1 aliphatic heterocycles. The van der Waals surface area contributed by atoms with Crippen LogP contribution < -0.4 is 9.46 Å². The van der Waals surface area contributed by atoms with E-state index in [0.29, 0.717) is 18.8 Å². The first-order valence-electron chi connectivity index (χ1n) is 8.70. The van der Waals surface area contributed by atoms with E-state index in [1.165, 1.54) is 47.8 Å². The Bertz CT molecular complexity index is 1050. The Morgan fingerprint density at radius 3 is 2.11 bits per heavy atom. The minimum atomic E-state index is -3.89. The van der Waals surface area contributed by atoms with Crippen molar-refractivity contribution in [2.75, 3.05) is 24.9 Å². The van der Waals surface area contributed by atoms with Gasteiger partial charge in [0, 0.05) is 13.1 Å². The van der Waals surface area contributed by atoms with Gasteiger partial charge in [0.05, 0.1) is 27.6 Å². The average molecular weight is 445 g/mol. The van der Waals surface area contributed by atoms with Crippen molar-refractivity contribution in [2.45, 2.75) is 29.1 Å². The predicted molar refractivity (Wildman–Crippen MR) is 108 cm³/mol. The first-order valence-corrected chi connectivity index (χ1v) is 12.0. The highest BCUT2D eigenvalue weighted by Gasteiger charge is 2.26. The molecule has 0 atom stereocenters. The molecule has 0 spiro atoms. The second kappa shape index (κ2) is 8.28. The summed E-state index contributed by atoms with van der Waals surface area (Å²) in [6.07, 6.45) is 2.68. The molecule has 152 valence electrons. The molecule has 2 aromatic rings. The molecule has 0 unspecified atom stereocenters. The van der Waals surface area contributed by atoms with Crippen LogP contribution in [0.15, 0.2) is 52.3 Å². The number of anilines is 1. The van der Waals surface area contributed by atoms with Crippen molar-refractivity contribution in [1.29, 1.82) is 0 Å². The lowest BCUT2D eigenvalue weighted by molar-refractivity contribution is 0.346. The van der Waals surface area contributed by atoms with E-state index >= 15 is 0 Å². The Morgan fingerprint density at radius 2 is 1.54 bits per heavy atom. The number of hydrogen-bond donors (Lipinski definition) is 1. The van der Waals surface area contributed by atoms with Gasteiger partial charge in [-0.3, -0.25) is 4.72 Å². The van der Waals surface area contributed by atoms with Crippen LogP contribution in [0, 0.1) is 0 Å². The molecule has 1 saturated heterocycles. The molecule has 2 aromatic carbocycles. The molecule has 0 bridgehead atoms. The maximum Gasteiger partial charge on any atom is 0.261 e. The van der Waals surface area contributed by atoms with Crippen molar-refractivity contribution in [3.63, 3.8) is 0 Å². The highest BCUT2D eigenvalue weighted by atomic mass is 35.5. The van der Waals surface area contributed by atoms with Crippen molar-refractivity contribution in [3.8, 4) is 5.75 Å². The molecule has 1 aliphatic rings. The van der Waals surface area contributed by atoms with Gasteiger partial charge in [0.15, 0.2) is 0 Å². The predicted octanol–water partition coefficient (Wildman–Crippen LogP) is 3.32. The standard InChI is InChI=1S/C18H21ClN2O5S2/c1-26-18-10-5-14(13-17(18)19)20-27(22,23)15-6-8-16(9-7-15)28(24,25)21-11-3-2-4-12-21/h5-10,13,20H,2-4,11-12H2,1H3. The van der Waals surface area contributed by atoms with E-state index in [1.54, 1.807) is 6.07 Å². The first kappa shape index (κ1) is 20.9. The zero-order valence-corrected chi connectivity index (χ0v) is 17.6. The molecule has 3 rings (SSSR count). The minimum absolute atomic E-state index is 0.0444. The normalized spacial score (nSPS) is 15.9. The van der Waals surface area contributed by atoms with Gasteiger partial charge in [0.1, 0.15) is 5.75 Å². The van der Waals surface area contributed by atoms with Crippen LogP contribution in [0.3, 0.4) is 0 Å².